The average Bonchev–Trinajstić information content (AvgIpc) is 3.74. The molecule has 3 heterocycles. The highest BCUT2D eigenvalue weighted by Gasteiger charge is 2.19. The minimum absolute atomic E-state index is 0.577. The van der Waals surface area contributed by atoms with Gasteiger partial charge in [-0.1, -0.05) is 140 Å². The van der Waals surface area contributed by atoms with Crippen molar-refractivity contribution in [1.29, 1.82) is 0 Å². The fraction of sp³-hybridized carbons (Fsp3) is 0. The first-order valence-corrected chi connectivity index (χ1v) is 16.7. The predicted molar refractivity (Wildman–Crippen MR) is 203 cm³/mol. The number of fused-ring (bicyclic) bond motifs is 6. The Morgan fingerprint density at radius 3 is 1.74 bits per heavy atom. The van der Waals surface area contributed by atoms with E-state index in [1.807, 2.05) is 78.9 Å². The number of aromatic nitrogens is 4. The maximum atomic E-state index is 6.22. The van der Waals surface area contributed by atoms with E-state index < -0.39 is 0 Å². The van der Waals surface area contributed by atoms with Gasteiger partial charge >= 0.3 is 0 Å². The Morgan fingerprint density at radius 1 is 0.380 bits per heavy atom. The molecule has 0 saturated heterocycles. The van der Waals surface area contributed by atoms with Crippen molar-refractivity contribution in [3.63, 3.8) is 0 Å². The van der Waals surface area contributed by atoms with Crippen molar-refractivity contribution in [2.75, 3.05) is 0 Å². The molecule has 10 rings (SSSR count). The number of benzene rings is 7. The molecule has 50 heavy (non-hydrogen) atoms. The molecule has 0 unspecified atom stereocenters. The van der Waals surface area contributed by atoms with E-state index in [1.54, 1.807) is 0 Å². The maximum Gasteiger partial charge on any atom is 0.238 e. The van der Waals surface area contributed by atoms with E-state index in [4.69, 9.17) is 19.4 Å². The van der Waals surface area contributed by atoms with Crippen molar-refractivity contribution < 1.29 is 4.42 Å². The van der Waals surface area contributed by atoms with Crippen LogP contribution < -0.4 is 0 Å². The fourth-order valence-corrected chi connectivity index (χ4v) is 7.14. The molecule has 0 aliphatic rings. The molecule has 10 aromatic rings. The molecule has 0 fully saturated rings. The average molecular weight is 641 g/mol. The number of furan rings is 1. The highest BCUT2D eigenvalue weighted by Crippen LogP contribution is 2.39. The zero-order chi connectivity index (χ0) is 33.0. The Kier molecular flexibility index (Phi) is 6.42. The summed E-state index contributed by atoms with van der Waals surface area (Å²) in [5.41, 5.74) is 10.2. The SMILES string of the molecule is c1ccc(-c2nc(-c3ccccc3)nc(-n3c4ccccc4c4ccc(-c5cccc(-c6cccc7oc8ccccc8c67)c5)cc43)n2)cc1. The zero-order valence-electron chi connectivity index (χ0n) is 26.9. The van der Waals surface area contributed by atoms with Gasteiger partial charge < -0.3 is 4.42 Å². The van der Waals surface area contributed by atoms with Crippen LogP contribution in [0.3, 0.4) is 0 Å². The first-order valence-electron chi connectivity index (χ1n) is 16.7. The second-order valence-electron chi connectivity index (χ2n) is 12.5. The molecule has 5 nitrogen and oxygen atoms in total. The van der Waals surface area contributed by atoms with E-state index in [9.17, 15) is 0 Å². The monoisotopic (exact) mass is 640 g/mol. The number of rotatable bonds is 5. The minimum Gasteiger partial charge on any atom is -0.456 e. The summed E-state index contributed by atoms with van der Waals surface area (Å²) >= 11 is 0. The van der Waals surface area contributed by atoms with E-state index >= 15 is 0 Å². The molecule has 0 saturated carbocycles. The molecule has 0 amide bonds. The Morgan fingerprint density at radius 2 is 0.960 bits per heavy atom. The van der Waals surface area contributed by atoms with Crippen LogP contribution in [0.15, 0.2) is 174 Å². The fourth-order valence-electron chi connectivity index (χ4n) is 7.14. The van der Waals surface area contributed by atoms with Gasteiger partial charge in [0.05, 0.1) is 11.0 Å². The van der Waals surface area contributed by atoms with Crippen LogP contribution in [0.1, 0.15) is 0 Å². The Balaban J connectivity index is 1.18. The largest absolute Gasteiger partial charge is 0.456 e. The molecule has 7 aromatic carbocycles. The maximum absolute atomic E-state index is 6.22. The number of hydrogen-bond donors (Lipinski definition) is 0. The Bertz CT molecular complexity index is 2810. The van der Waals surface area contributed by atoms with Crippen LogP contribution in [-0.4, -0.2) is 19.5 Å². The summed E-state index contributed by atoms with van der Waals surface area (Å²) in [5, 5.41) is 4.54. The number of nitrogens with zero attached hydrogens (tertiary/aromatic N) is 4. The van der Waals surface area contributed by atoms with Gasteiger partial charge in [0.1, 0.15) is 11.2 Å². The molecule has 0 bridgehead atoms. The van der Waals surface area contributed by atoms with Crippen LogP contribution in [0.5, 0.6) is 0 Å². The highest BCUT2D eigenvalue weighted by atomic mass is 16.3. The molecule has 0 radical (unpaired) electrons. The summed E-state index contributed by atoms with van der Waals surface area (Å²) in [4.78, 5) is 15.2. The highest BCUT2D eigenvalue weighted by molar-refractivity contribution is 6.13. The van der Waals surface area contributed by atoms with Crippen LogP contribution in [0.25, 0.3) is 94.7 Å². The van der Waals surface area contributed by atoms with Gasteiger partial charge in [-0.05, 0) is 52.6 Å². The second-order valence-corrected chi connectivity index (χ2v) is 12.5. The van der Waals surface area contributed by atoms with Gasteiger partial charge in [0.2, 0.25) is 5.95 Å². The third-order valence-electron chi connectivity index (χ3n) is 9.47. The van der Waals surface area contributed by atoms with Gasteiger partial charge in [0.25, 0.3) is 0 Å². The van der Waals surface area contributed by atoms with Crippen molar-refractivity contribution in [1.82, 2.24) is 19.5 Å². The molecule has 0 N–H and O–H groups in total. The molecular formula is C45H28N4O. The third-order valence-corrected chi connectivity index (χ3v) is 9.47. The summed E-state index contributed by atoms with van der Waals surface area (Å²) < 4.78 is 8.39. The zero-order valence-corrected chi connectivity index (χ0v) is 26.9. The van der Waals surface area contributed by atoms with E-state index in [-0.39, 0.29) is 0 Å². The van der Waals surface area contributed by atoms with Crippen molar-refractivity contribution >= 4 is 43.7 Å². The van der Waals surface area contributed by atoms with Crippen LogP contribution in [-0.2, 0) is 0 Å². The standard InChI is InChI=1S/C45H28N4O/c1-3-13-29(14-4-1)43-46-44(30-15-5-2-6-16-30)48-45(47-43)49-38-22-9-7-19-35(38)36-26-25-32(28-39(36)49)31-17-11-18-33(27-31)34-21-12-24-41-42(34)37-20-8-10-23-40(37)50-41/h1-28H. The minimum atomic E-state index is 0.577. The Labute approximate surface area is 287 Å². The smallest absolute Gasteiger partial charge is 0.238 e. The number of hydrogen-bond acceptors (Lipinski definition) is 4. The van der Waals surface area contributed by atoms with Crippen LogP contribution >= 0.6 is 0 Å². The predicted octanol–water partition coefficient (Wildman–Crippen LogP) is 11.5. The van der Waals surface area contributed by atoms with Gasteiger partial charge in [-0.3, -0.25) is 4.57 Å². The van der Waals surface area contributed by atoms with Gasteiger partial charge in [0, 0.05) is 32.7 Å². The van der Waals surface area contributed by atoms with Crippen molar-refractivity contribution in [2.24, 2.45) is 0 Å². The quantitative estimate of drug-likeness (QED) is 0.188. The Hall–Kier alpha value is -6.85. The van der Waals surface area contributed by atoms with E-state index in [2.05, 4.69) is 95.6 Å². The molecule has 0 spiro atoms. The van der Waals surface area contributed by atoms with Crippen LogP contribution in [0.2, 0.25) is 0 Å². The molecule has 234 valence electrons. The van der Waals surface area contributed by atoms with Gasteiger partial charge in [-0.2, -0.15) is 9.97 Å². The van der Waals surface area contributed by atoms with E-state index in [1.165, 1.54) is 0 Å². The summed E-state index contributed by atoms with van der Waals surface area (Å²) in [7, 11) is 0. The summed E-state index contributed by atoms with van der Waals surface area (Å²) in [6, 6.07) is 58.7. The molecular weight excluding hydrogens is 613 g/mol. The lowest BCUT2D eigenvalue weighted by Gasteiger charge is -2.12. The summed E-state index contributed by atoms with van der Waals surface area (Å²) in [6.45, 7) is 0. The van der Waals surface area contributed by atoms with Crippen LogP contribution in [0, 0.1) is 0 Å². The molecule has 5 heteroatoms. The van der Waals surface area contributed by atoms with E-state index in [0.29, 0.717) is 17.6 Å². The summed E-state index contributed by atoms with van der Waals surface area (Å²) in [6.07, 6.45) is 0. The van der Waals surface area contributed by atoms with Crippen molar-refractivity contribution in [2.45, 2.75) is 0 Å². The van der Waals surface area contributed by atoms with Gasteiger partial charge in [0.15, 0.2) is 11.6 Å². The lowest BCUT2D eigenvalue weighted by atomic mass is 9.95. The molecule has 0 aliphatic carbocycles. The van der Waals surface area contributed by atoms with Crippen molar-refractivity contribution in [3.8, 4) is 51.0 Å². The lowest BCUT2D eigenvalue weighted by molar-refractivity contribution is 0.669. The van der Waals surface area contributed by atoms with Gasteiger partial charge in [-0.25, -0.2) is 4.98 Å². The molecule has 0 atom stereocenters. The third kappa shape index (κ3) is 4.60. The normalized spacial score (nSPS) is 11.6. The lowest BCUT2D eigenvalue weighted by Crippen LogP contribution is -2.06. The molecule has 0 aliphatic heterocycles. The van der Waals surface area contributed by atoms with Gasteiger partial charge in [-0.15, -0.1) is 0 Å². The van der Waals surface area contributed by atoms with Crippen LogP contribution in [0.4, 0.5) is 0 Å². The molecule has 3 aromatic heterocycles. The van der Waals surface area contributed by atoms with E-state index in [0.717, 1.165) is 77.1 Å². The topological polar surface area (TPSA) is 56.7 Å². The summed E-state index contributed by atoms with van der Waals surface area (Å²) in [5.74, 6) is 1.84. The first-order chi connectivity index (χ1) is 24.8. The number of para-hydroxylation sites is 2. The van der Waals surface area contributed by atoms with Crippen molar-refractivity contribution in [3.05, 3.63) is 170 Å². The first kappa shape index (κ1) is 28.2. The second kappa shape index (κ2) is 11.4.